The predicted octanol–water partition coefficient (Wildman–Crippen LogP) is 2.07. The summed E-state index contributed by atoms with van der Waals surface area (Å²) in [6.45, 7) is 3.49. The molecule has 0 heterocycles. The molecule has 0 aliphatic carbocycles. The van der Waals surface area contributed by atoms with Crippen LogP contribution in [0.4, 0.5) is 4.79 Å². The van der Waals surface area contributed by atoms with Gasteiger partial charge in [-0.2, -0.15) is 0 Å². The van der Waals surface area contributed by atoms with Crippen LogP contribution in [0.15, 0.2) is 0 Å². The molecule has 0 fully saturated rings. The lowest BCUT2D eigenvalue weighted by Gasteiger charge is -2.17. The van der Waals surface area contributed by atoms with Crippen LogP contribution in [0.5, 0.6) is 0 Å². The lowest BCUT2D eigenvalue weighted by atomic mass is 10.2. The van der Waals surface area contributed by atoms with Crippen LogP contribution < -0.4 is 5.32 Å². The molecule has 0 rings (SSSR count). The fraction of sp³-hybridized carbons (Fsp3) is 0.833. The highest BCUT2D eigenvalue weighted by Gasteiger charge is 2.05. The molecular weight excluding hydrogens is 220 g/mol. The number of urea groups is 1. The third-order valence-electron chi connectivity index (χ3n) is 2.54. The maximum atomic E-state index is 11.5. The molecule has 100 valence electrons. The van der Waals surface area contributed by atoms with Crippen molar-refractivity contribution in [3.05, 3.63) is 0 Å². The van der Waals surface area contributed by atoms with E-state index in [4.69, 9.17) is 5.11 Å². The summed E-state index contributed by atoms with van der Waals surface area (Å²) in [6.07, 6.45) is 4.66. The van der Waals surface area contributed by atoms with Crippen molar-refractivity contribution in [2.45, 2.75) is 45.4 Å². The van der Waals surface area contributed by atoms with Crippen molar-refractivity contribution in [2.24, 2.45) is 0 Å². The first-order valence-electron chi connectivity index (χ1n) is 6.28. The number of aliphatic carboxylic acids is 1. The smallest absolute Gasteiger partial charge is 0.317 e. The molecule has 2 amide bonds. The molecule has 0 aromatic heterocycles. The van der Waals surface area contributed by atoms with Crippen LogP contribution >= 0.6 is 0 Å². The van der Waals surface area contributed by atoms with Gasteiger partial charge in [-0.25, -0.2) is 4.79 Å². The minimum Gasteiger partial charge on any atom is -0.481 e. The number of rotatable bonds is 9. The summed E-state index contributed by atoms with van der Waals surface area (Å²) < 4.78 is 0. The zero-order valence-electron chi connectivity index (χ0n) is 10.9. The van der Waals surface area contributed by atoms with Gasteiger partial charge >= 0.3 is 12.0 Å². The van der Waals surface area contributed by atoms with Gasteiger partial charge in [0.05, 0.1) is 0 Å². The number of nitrogens with one attached hydrogen (secondary N) is 1. The second kappa shape index (κ2) is 9.93. The van der Waals surface area contributed by atoms with Gasteiger partial charge in [0.2, 0.25) is 0 Å². The van der Waals surface area contributed by atoms with Crippen LogP contribution in [-0.2, 0) is 4.79 Å². The number of unbranched alkanes of at least 4 members (excludes halogenated alkanes) is 3. The van der Waals surface area contributed by atoms with Crippen LogP contribution in [-0.4, -0.2) is 42.1 Å². The molecule has 0 aromatic rings. The first-order chi connectivity index (χ1) is 8.07. The summed E-state index contributed by atoms with van der Waals surface area (Å²) in [5.74, 6) is -0.756. The molecule has 0 saturated heterocycles. The lowest BCUT2D eigenvalue weighted by molar-refractivity contribution is -0.137. The van der Waals surface area contributed by atoms with Crippen LogP contribution in [0, 0.1) is 0 Å². The normalized spacial score (nSPS) is 10.0. The first-order valence-corrected chi connectivity index (χ1v) is 6.28. The van der Waals surface area contributed by atoms with Gasteiger partial charge in [0, 0.05) is 26.6 Å². The molecule has 2 N–H and O–H groups in total. The zero-order valence-corrected chi connectivity index (χ0v) is 10.9. The number of carboxylic acid groups (broad SMARTS) is 1. The highest BCUT2D eigenvalue weighted by Crippen LogP contribution is 1.99. The molecule has 0 atom stereocenters. The minimum absolute atomic E-state index is 0.0447. The molecule has 0 aliphatic rings. The minimum atomic E-state index is -0.756. The van der Waals surface area contributed by atoms with E-state index < -0.39 is 5.97 Å². The summed E-state index contributed by atoms with van der Waals surface area (Å²) in [4.78, 5) is 23.4. The molecule has 0 bridgehead atoms. The Morgan fingerprint density at radius 1 is 1.18 bits per heavy atom. The largest absolute Gasteiger partial charge is 0.481 e. The van der Waals surface area contributed by atoms with E-state index in [-0.39, 0.29) is 12.5 Å². The van der Waals surface area contributed by atoms with Gasteiger partial charge in [-0.15, -0.1) is 0 Å². The molecule has 0 saturated carbocycles. The number of amides is 2. The Morgan fingerprint density at radius 2 is 1.88 bits per heavy atom. The van der Waals surface area contributed by atoms with Gasteiger partial charge in [-0.05, 0) is 19.3 Å². The van der Waals surface area contributed by atoms with E-state index >= 15 is 0 Å². The maximum Gasteiger partial charge on any atom is 0.317 e. The lowest BCUT2D eigenvalue weighted by Crippen LogP contribution is -2.38. The number of hydrogen-bond donors (Lipinski definition) is 2. The Labute approximate surface area is 103 Å². The van der Waals surface area contributed by atoms with Crippen molar-refractivity contribution in [1.82, 2.24) is 10.2 Å². The van der Waals surface area contributed by atoms with E-state index in [1.807, 2.05) is 0 Å². The molecule has 0 spiro atoms. The van der Waals surface area contributed by atoms with Crippen LogP contribution in [0.1, 0.15) is 45.4 Å². The maximum absolute atomic E-state index is 11.5. The Balaban J connectivity index is 3.41. The topological polar surface area (TPSA) is 69.6 Å². The predicted molar refractivity (Wildman–Crippen MR) is 67.0 cm³/mol. The van der Waals surface area contributed by atoms with Crippen LogP contribution in [0.3, 0.4) is 0 Å². The Morgan fingerprint density at radius 3 is 2.47 bits per heavy atom. The van der Waals surface area contributed by atoms with Crippen LogP contribution in [0.25, 0.3) is 0 Å². The van der Waals surface area contributed by atoms with Crippen LogP contribution in [0.2, 0.25) is 0 Å². The number of carboxylic acids is 1. The number of nitrogens with zero attached hydrogens (tertiary/aromatic N) is 1. The number of carbonyl (C=O) groups excluding carboxylic acids is 1. The average molecular weight is 244 g/mol. The van der Waals surface area contributed by atoms with Crippen molar-refractivity contribution in [3.8, 4) is 0 Å². The molecule has 0 aromatic carbocycles. The summed E-state index contributed by atoms with van der Waals surface area (Å²) in [5.41, 5.74) is 0. The van der Waals surface area contributed by atoms with Crippen molar-refractivity contribution in [1.29, 1.82) is 0 Å². The summed E-state index contributed by atoms with van der Waals surface area (Å²) in [7, 11) is 1.79. The standard InChI is InChI=1S/C12H24N2O3/c1-3-4-10-14(2)12(17)13-9-7-5-6-8-11(15)16/h3-10H2,1-2H3,(H,13,17)(H,15,16). The first kappa shape index (κ1) is 15.7. The van der Waals surface area contributed by atoms with Gasteiger partial charge in [-0.3, -0.25) is 4.79 Å². The molecule has 0 unspecified atom stereocenters. The van der Waals surface area contributed by atoms with E-state index in [0.717, 1.165) is 32.2 Å². The van der Waals surface area contributed by atoms with E-state index in [9.17, 15) is 9.59 Å². The zero-order chi connectivity index (χ0) is 13.1. The van der Waals surface area contributed by atoms with Gasteiger partial charge in [0.15, 0.2) is 0 Å². The van der Waals surface area contributed by atoms with Crippen molar-refractivity contribution < 1.29 is 14.7 Å². The quantitative estimate of drug-likeness (QED) is 0.610. The fourth-order valence-electron chi connectivity index (χ4n) is 1.41. The number of hydrogen-bond acceptors (Lipinski definition) is 2. The van der Waals surface area contributed by atoms with Gasteiger partial charge in [0.1, 0.15) is 0 Å². The van der Waals surface area contributed by atoms with E-state index in [2.05, 4.69) is 12.2 Å². The Bertz CT molecular complexity index is 232. The average Bonchev–Trinajstić information content (AvgIpc) is 2.29. The van der Waals surface area contributed by atoms with E-state index in [0.29, 0.717) is 13.0 Å². The van der Waals surface area contributed by atoms with Gasteiger partial charge < -0.3 is 15.3 Å². The monoisotopic (exact) mass is 244 g/mol. The highest BCUT2D eigenvalue weighted by atomic mass is 16.4. The molecule has 17 heavy (non-hydrogen) atoms. The third-order valence-corrected chi connectivity index (χ3v) is 2.54. The molecule has 0 aliphatic heterocycles. The van der Waals surface area contributed by atoms with Gasteiger partial charge in [-0.1, -0.05) is 19.8 Å². The van der Waals surface area contributed by atoms with E-state index in [1.165, 1.54) is 0 Å². The Kier molecular flexibility index (Phi) is 9.19. The van der Waals surface area contributed by atoms with Gasteiger partial charge in [0.25, 0.3) is 0 Å². The molecule has 0 radical (unpaired) electrons. The van der Waals surface area contributed by atoms with Crippen molar-refractivity contribution in [2.75, 3.05) is 20.1 Å². The van der Waals surface area contributed by atoms with E-state index in [1.54, 1.807) is 11.9 Å². The molecule has 5 nitrogen and oxygen atoms in total. The molecular formula is C12H24N2O3. The summed E-state index contributed by atoms with van der Waals surface area (Å²) in [5, 5.41) is 11.3. The number of carbonyl (C=O) groups is 2. The second-order valence-corrected chi connectivity index (χ2v) is 4.21. The molecule has 5 heteroatoms. The third kappa shape index (κ3) is 9.66. The second-order valence-electron chi connectivity index (χ2n) is 4.21. The highest BCUT2D eigenvalue weighted by molar-refractivity contribution is 5.73. The van der Waals surface area contributed by atoms with Crippen molar-refractivity contribution >= 4 is 12.0 Å². The summed E-state index contributed by atoms with van der Waals surface area (Å²) in [6, 6.07) is -0.0447. The Hall–Kier alpha value is -1.26. The summed E-state index contributed by atoms with van der Waals surface area (Å²) >= 11 is 0. The van der Waals surface area contributed by atoms with Crippen molar-refractivity contribution in [3.63, 3.8) is 0 Å². The SMILES string of the molecule is CCCCN(C)C(=O)NCCCCCC(=O)O. The fourth-order valence-corrected chi connectivity index (χ4v) is 1.41.